The van der Waals surface area contributed by atoms with Gasteiger partial charge in [-0.15, -0.1) is 0 Å². The van der Waals surface area contributed by atoms with Gasteiger partial charge in [-0.1, -0.05) is 0 Å². The number of hydrogen-bond acceptors (Lipinski definition) is 11. The van der Waals surface area contributed by atoms with Crippen LogP contribution in [-0.4, -0.2) is 81.4 Å². The van der Waals surface area contributed by atoms with Crippen molar-refractivity contribution in [2.75, 3.05) is 25.3 Å². The Kier molecular flexibility index (Phi) is 10.2. The average molecular weight is 572 g/mol. The Morgan fingerprint density at radius 2 is 1.72 bits per heavy atom. The van der Waals surface area contributed by atoms with E-state index < -0.39 is 43.1 Å². The molecule has 15 nitrogen and oxygen atoms in total. The third-order valence-electron chi connectivity index (χ3n) is 5.70. The Bertz CT molecular complexity index is 1230. The average Bonchev–Trinajstić information content (AvgIpc) is 3.26. The second-order valence-electron chi connectivity index (χ2n) is 10.0. The molecule has 0 bridgehead atoms. The number of ether oxygens (including phenoxy) is 4. The van der Waals surface area contributed by atoms with Crippen LogP contribution in [-0.2, 0) is 33.1 Å². The van der Waals surface area contributed by atoms with Crippen LogP contribution in [0.2, 0.25) is 0 Å². The topological polar surface area (TPSA) is 202 Å². The minimum atomic E-state index is -3.70. The maximum Gasteiger partial charge on any atom is 0.323 e. The summed E-state index contributed by atoms with van der Waals surface area (Å²) in [5, 5.41) is 5.54. The van der Waals surface area contributed by atoms with Crippen LogP contribution >= 0.6 is 7.44 Å². The monoisotopic (exact) mass is 571 g/mol. The molecule has 1 fully saturated rings. The molecule has 39 heavy (non-hydrogen) atoms. The summed E-state index contributed by atoms with van der Waals surface area (Å²) in [5.74, 6) is -1.23. The smallest absolute Gasteiger partial charge is 0.323 e. The van der Waals surface area contributed by atoms with E-state index >= 15 is 0 Å². The summed E-state index contributed by atoms with van der Waals surface area (Å²) in [6.45, 7) is 10.4. The summed E-state index contributed by atoms with van der Waals surface area (Å²) >= 11 is 0. The molecule has 218 valence electrons. The van der Waals surface area contributed by atoms with E-state index in [9.17, 15) is 18.9 Å². The highest BCUT2D eigenvalue weighted by molar-refractivity contribution is 7.59. The molecule has 1 unspecified atom stereocenters. The molecule has 1 aliphatic rings. The largest absolute Gasteiger partial charge is 0.462 e. The highest BCUT2D eigenvalue weighted by Crippen LogP contribution is 2.39. The lowest BCUT2D eigenvalue weighted by atomic mass is 10.1. The molecular formula is C23H38N7O8P. The van der Waals surface area contributed by atoms with Crippen molar-refractivity contribution in [2.24, 2.45) is 0 Å². The number of esters is 2. The van der Waals surface area contributed by atoms with E-state index in [2.05, 4.69) is 25.1 Å². The van der Waals surface area contributed by atoms with Crippen molar-refractivity contribution in [3.63, 3.8) is 0 Å². The third-order valence-corrected chi connectivity index (χ3v) is 7.82. The molecule has 3 rings (SSSR count). The van der Waals surface area contributed by atoms with E-state index in [4.69, 9.17) is 24.7 Å². The molecule has 16 heteroatoms. The number of H-pyrrole nitrogens is 1. The molecule has 2 aromatic heterocycles. The quantitative estimate of drug-likeness (QED) is 0.208. The van der Waals surface area contributed by atoms with E-state index in [1.807, 2.05) is 0 Å². The summed E-state index contributed by atoms with van der Waals surface area (Å²) in [4.78, 5) is 47.7. The van der Waals surface area contributed by atoms with E-state index in [1.54, 1.807) is 32.3 Å². The van der Waals surface area contributed by atoms with Crippen LogP contribution in [0.3, 0.4) is 0 Å². The Hall–Kier alpha value is -2.84. The first-order chi connectivity index (χ1) is 18.3. The standard InChI is InChI=1S/C23H38N7O8P/c1-12(2)37-21(32)14(5)28-39(34,29-15(6)22(33)38-13(3)4)11-36-17-7-16(8-35-9-17)30-10-25-18-19(30)26-23(24)27-20(18)31/h10,12-17H,7-9,11H2,1-6H3,(H2,28,29,34)(H3,24,26,27,31)/t14-,15-,16?,17+/m0/s1. The maximum absolute atomic E-state index is 13.9. The van der Waals surface area contributed by atoms with Crippen molar-refractivity contribution in [3.8, 4) is 0 Å². The predicted molar refractivity (Wildman–Crippen MR) is 142 cm³/mol. The maximum atomic E-state index is 13.9. The van der Waals surface area contributed by atoms with Crippen LogP contribution in [0, 0.1) is 0 Å². The molecule has 0 aliphatic carbocycles. The number of aromatic amines is 1. The first-order valence-corrected chi connectivity index (χ1v) is 14.6. The number of nitrogens with zero attached hydrogens (tertiary/aromatic N) is 3. The van der Waals surface area contributed by atoms with E-state index in [1.165, 1.54) is 20.2 Å². The molecule has 0 aromatic carbocycles. The van der Waals surface area contributed by atoms with Gasteiger partial charge in [-0.2, -0.15) is 4.98 Å². The Morgan fingerprint density at radius 1 is 1.13 bits per heavy atom. The Balaban J connectivity index is 1.73. The SMILES string of the molecule is CC(C)OC(=O)[C@H](C)NP(=O)(CO[C@H]1COCC(n2cnc3c(=O)[nH]c(N)nc32)C1)N[C@@H](C)C(=O)OC(C)C. The van der Waals surface area contributed by atoms with Gasteiger partial charge < -0.3 is 29.2 Å². The number of imidazole rings is 1. The van der Waals surface area contributed by atoms with Gasteiger partial charge in [-0.25, -0.2) is 15.2 Å². The highest BCUT2D eigenvalue weighted by Gasteiger charge is 2.35. The van der Waals surface area contributed by atoms with Gasteiger partial charge >= 0.3 is 11.9 Å². The fourth-order valence-corrected chi connectivity index (χ4v) is 6.12. The summed E-state index contributed by atoms with van der Waals surface area (Å²) in [6.07, 6.45) is 0.328. The first-order valence-electron chi connectivity index (χ1n) is 12.7. The molecular weight excluding hydrogens is 533 g/mol. The van der Waals surface area contributed by atoms with Crippen LogP contribution in [0.25, 0.3) is 11.2 Å². The van der Waals surface area contributed by atoms with Gasteiger partial charge in [0.25, 0.3) is 5.56 Å². The van der Waals surface area contributed by atoms with E-state index in [0.29, 0.717) is 18.7 Å². The Labute approximate surface area is 226 Å². The molecule has 4 atom stereocenters. The lowest BCUT2D eigenvalue weighted by Crippen LogP contribution is -2.44. The van der Waals surface area contributed by atoms with Crippen molar-refractivity contribution in [2.45, 2.75) is 84.4 Å². The zero-order valence-electron chi connectivity index (χ0n) is 23.0. The number of fused-ring (bicyclic) bond motifs is 1. The van der Waals surface area contributed by atoms with Crippen LogP contribution in [0.15, 0.2) is 11.1 Å². The predicted octanol–water partition coefficient (Wildman–Crippen LogP) is 1.06. The van der Waals surface area contributed by atoms with E-state index in [-0.39, 0.29) is 42.7 Å². The minimum absolute atomic E-state index is 0.0351. The number of hydrogen-bond donors (Lipinski definition) is 4. The summed E-state index contributed by atoms with van der Waals surface area (Å²) in [5.41, 5.74) is 5.72. The van der Waals surface area contributed by atoms with Crippen LogP contribution < -0.4 is 21.5 Å². The fourth-order valence-electron chi connectivity index (χ4n) is 4.02. The number of aromatic nitrogens is 4. The molecule has 2 aromatic rings. The van der Waals surface area contributed by atoms with Gasteiger partial charge in [-0.3, -0.25) is 23.9 Å². The first kappa shape index (κ1) is 30.7. The van der Waals surface area contributed by atoms with Crippen LogP contribution in [0.5, 0.6) is 0 Å². The number of carbonyl (C=O) groups is 2. The van der Waals surface area contributed by atoms with Crippen molar-refractivity contribution in [1.29, 1.82) is 0 Å². The van der Waals surface area contributed by atoms with Crippen molar-refractivity contribution >= 4 is 36.5 Å². The molecule has 0 amide bonds. The Morgan fingerprint density at radius 3 is 2.28 bits per heavy atom. The molecule has 5 N–H and O–H groups in total. The number of rotatable bonds is 12. The van der Waals surface area contributed by atoms with Crippen LogP contribution in [0.4, 0.5) is 5.95 Å². The zero-order valence-corrected chi connectivity index (χ0v) is 23.9. The number of carbonyl (C=O) groups excluding carboxylic acids is 2. The summed E-state index contributed by atoms with van der Waals surface area (Å²) in [6, 6.07) is -2.20. The molecule has 3 heterocycles. The molecule has 0 radical (unpaired) electrons. The minimum Gasteiger partial charge on any atom is -0.462 e. The normalized spacial score (nSPS) is 19.8. The summed E-state index contributed by atoms with van der Waals surface area (Å²) in [7, 11) is -3.70. The van der Waals surface area contributed by atoms with E-state index in [0.717, 1.165) is 0 Å². The van der Waals surface area contributed by atoms with Gasteiger partial charge in [0.05, 0.1) is 43.9 Å². The zero-order chi connectivity index (χ0) is 28.9. The number of nitrogens with one attached hydrogen (secondary N) is 3. The van der Waals surface area contributed by atoms with Crippen molar-refractivity contribution in [1.82, 2.24) is 29.7 Å². The number of nitrogen functional groups attached to an aromatic ring is 1. The molecule has 0 saturated carbocycles. The molecule has 1 saturated heterocycles. The third kappa shape index (κ3) is 8.32. The van der Waals surface area contributed by atoms with Gasteiger partial charge in [0.15, 0.2) is 11.2 Å². The molecule has 0 spiro atoms. The lowest BCUT2D eigenvalue weighted by molar-refractivity contribution is -0.149. The second-order valence-corrected chi connectivity index (χ2v) is 12.3. The van der Waals surface area contributed by atoms with Gasteiger partial charge in [0.2, 0.25) is 13.4 Å². The van der Waals surface area contributed by atoms with Crippen molar-refractivity contribution < 1.29 is 33.1 Å². The molecule has 1 aliphatic heterocycles. The number of anilines is 1. The van der Waals surface area contributed by atoms with Gasteiger partial charge in [-0.05, 0) is 48.0 Å². The lowest BCUT2D eigenvalue weighted by Gasteiger charge is -2.32. The fraction of sp³-hybridized carbons (Fsp3) is 0.696. The number of nitrogens with two attached hydrogens (primary N) is 1. The highest BCUT2D eigenvalue weighted by atomic mass is 31.2. The van der Waals surface area contributed by atoms with Gasteiger partial charge in [0, 0.05) is 0 Å². The summed E-state index contributed by atoms with van der Waals surface area (Å²) < 4.78 is 37.8. The van der Waals surface area contributed by atoms with Gasteiger partial charge in [0.1, 0.15) is 18.4 Å². The van der Waals surface area contributed by atoms with Crippen LogP contribution in [0.1, 0.15) is 54.0 Å². The van der Waals surface area contributed by atoms with Crippen molar-refractivity contribution in [3.05, 3.63) is 16.7 Å². The second kappa shape index (κ2) is 13.0.